The van der Waals surface area contributed by atoms with Gasteiger partial charge in [-0.3, -0.25) is 19.7 Å². The summed E-state index contributed by atoms with van der Waals surface area (Å²) in [7, 11) is 5.19. The highest BCUT2D eigenvalue weighted by atomic mass is 35.5. The van der Waals surface area contributed by atoms with Crippen molar-refractivity contribution in [2.45, 2.75) is 82.7 Å². The molecule has 4 fully saturated rings. The SMILES string of the molecule is COc1c(Cl)cc(C(C)(C)c2ccc(OCC3C=CN=C(N4CCC(CN5CCC(C6CCN(c7cc(N(C)C)c(N(C=O)C8CCC(=O)NC8=O)cc7F)CC6)CC5)CC4)N3)cc2)cc1C#N. The molecule has 0 saturated carbocycles. The Morgan fingerprint density at radius 3 is 2.22 bits per heavy atom. The molecule has 3 aromatic rings. The number of carbonyl (C=O) groups excluding carboxylic acids is 3. The minimum Gasteiger partial charge on any atom is -0.494 e. The summed E-state index contributed by atoms with van der Waals surface area (Å²) in [4.78, 5) is 51.6. The number of piperidine rings is 4. The van der Waals surface area contributed by atoms with E-state index in [0.29, 0.717) is 64.2 Å². The fourth-order valence-corrected chi connectivity index (χ4v) is 11.1. The number of amides is 3. The van der Waals surface area contributed by atoms with Crippen LogP contribution in [0.3, 0.4) is 0 Å². The molecule has 5 aliphatic rings. The van der Waals surface area contributed by atoms with Crippen molar-refractivity contribution in [2.24, 2.45) is 22.7 Å². The quantitative estimate of drug-likeness (QED) is 0.126. The lowest BCUT2D eigenvalue weighted by Crippen LogP contribution is -2.52. The number of nitrogens with zero attached hydrogens (tertiary/aromatic N) is 7. The van der Waals surface area contributed by atoms with E-state index in [1.54, 1.807) is 6.07 Å². The second-order valence-corrected chi connectivity index (χ2v) is 20.1. The van der Waals surface area contributed by atoms with Gasteiger partial charge in [-0.15, -0.1) is 0 Å². The molecule has 2 unspecified atom stereocenters. The zero-order chi connectivity index (χ0) is 48.1. The van der Waals surface area contributed by atoms with E-state index in [4.69, 9.17) is 26.1 Å². The largest absolute Gasteiger partial charge is 0.494 e. The molecule has 8 rings (SSSR count). The van der Waals surface area contributed by atoms with Crippen LogP contribution in [0.1, 0.15) is 81.9 Å². The van der Waals surface area contributed by atoms with Gasteiger partial charge < -0.3 is 39.3 Å². The highest BCUT2D eigenvalue weighted by Gasteiger charge is 2.36. The van der Waals surface area contributed by atoms with E-state index in [1.807, 2.05) is 55.5 Å². The van der Waals surface area contributed by atoms with Gasteiger partial charge in [0.2, 0.25) is 18.2 Å². The third-order valence-corrected chi connectivity index (χ3v) is 15.3. The maximum atomic E-state index is 15.9. The molecule has 4 saturated heterocycles. The van der Waals surface area contributed by atoms with Crippen LogP contribution in [-0.2, 0) is 19.8 Å². The smallest absolute Gasteiger partial charge is 0.249 e. The van der Waals surface area contributed by atoms with Crippen LogP contribution in [0.2, 0.25) is 5.02 Å². The van der Waals surface area contributed by atoms with Crippen molar-refractivity contribution in [1.82, 2.24) is 20.4 Å². The van der Waals surface area contributed by atoms with Crippen molar-refractivity contribution in [3.05, 3.63) is 88.3 Å². The Morgan fingerprint density at radius 1 is 0.912 bits per heavy atom. The number of anilines is 3. The molecule has 14 nitrogen and oxygen atoms in total. The van der Waals surface area contributed by atoms with Crippen molar-refractivity contribution < 1.29 is 28.2 Å². The second-order valence-electron chi connectivity index (χ2n) is 19.7. The molecule has 2 atom stereocenters. The van der Waals surface area contributed by atoms with Crippen molar-refractivity contribution in [2.75, 3.05) is 88.3 Å². The molecule has 0 radical (unpaired) electrons. The topological polar surface area (TPSA) is 146 Å². The van der Waals surface area contributed by atoms with Crippen LogP contribution in [0.5, 0.6) is 11.5 Å². The van der Waals surface area contributed by atoms with Crippen molar-refractivity contribution in [3.8, 4) is 17.6 Å². The van der Waals surface area contributed by atoms with Crippen LogP contribution in [0.4, 0.5) is 21.5 Å². The zero-order valence-electron chi connectivity index (χ0n) is 40.0. The molecule has 0 bridgehead atoms. The Morgan fingerprint density at radius 2 is 1.59 bits per heavy atom. The molecule has 0 spiro atoms. The van der Waals surface area contributed by atoms with E-state index in [1.165, 1.54) is 30.9 Å². The van der Waals surface area contributed by atoms with E-state index in [9.17, 15) is 19.6 Å². The summed E-state index contributed by atoms with van der Waals surface area (Å²) in [5.41, 5.74) is 3.47. The van der Waals surface area contributed by atoms with Crippen LogP contribution in [0.25, 0.3) is 0 Å². The highest BCUT2D eigenvalue weighted by Crippen LogP contribution is 2.41. The molecular formula is C52H65ClFN9O5. The van der Waals surface area contributed by atoms with E-state index >= 15 is 4.39 Å². The van der Waals surface area contributed by atoms with Crippen molar-refractivity contribution >= 4 is 52.8 Å². The van der Waals surface area contributed by atoms with Crippen molar-refractivity contribution in [3.63, 3.8) is 0 Å². The van der Waals surface area contributed by atoms with Gasteiger partial charge in [0.05, 0.1) is 40.8 Å². The monoisotopic (exact) mass is 949 g/mol. The third kappa shape index (κ3) is 10.7. The summed E-state index contributed by atoms with van der Waals surface area (Å²) in [5.74, 6) is 2.68. The summed E-state index contributed by atoms with van der Waals surface area (Å²) in [5, 5.41) is 16.0. The number of carbonyl (C=O) groups is 3. The number of hydrogen-bond acceptors (Lipinski definition) is 12. The minimum absolute atomic E-state index is 0.00593. The van der Waals surface area contributed by atoms with Crippen LogP contribution >= 0.6 is 11.6 Å². The number of nitrogens with one attached hydrogen (secondary N) is 2. The Balaban J connectivity index is 0.753. The number of ether oxygens (including phenoxy) is 2. The number of methoxy groups -OCH3 is 1. The Hall–Kier alpha value is -5.85. The van der Waals surface area contributed by atoms with Crippen LogP contribution < -0.4 is 34.8 Å². The van der Waals surface area contributed by atoms with Gasteiger partial charge >= 0.3 is 0 Å². The first kappa shape index (κ1) is 48.6. The number of guanidine groups is 1. The number of halogens is 2. The summed E-state index contributed by atoms with van der Waals surface area (Å²) in [6.07, 6.45) is 11.5. The minimum atomic E-state index is -0.878. The van der Waals surface area contributed by atoms with Gasteiger partial charge in [-0.2, -0.15) is 5.26 Å². The van der Waals surface area contributed by atoms with Crippen LogP contribution in [-0.4, -0.2) is 120 Å². The second kappa shape index (κ2) is 21.2. The average Bonchev–Trinajstić information content (AvgIpc) is 3.34. The Bertz CT molecular complexity index is 2420. The van der Waals surface area contributed by atoms with Gasteiger partial charge in [0.15, 0.2) is 11.7 Å². The standard InChI is InChI=1S/C52H65ClFN9O5/c1-52(2,39-26-37(30-55)49(67-5)42(53)27-39)38-6-8-41(9-7-38)68-32-40-12-19-56-51(57-40)62-22-13-34(14-23-62)31-60-20-15-35(16-21-60)36-17-24-61(25-18-36)45-29-46(59(3)4)47(28-43(45)54)63(33-64)44-10-11-48(65)58-50(44)66/h6-9,12,19,26-29,33-36,40,44H,10-11,13-18,20-25,31-32H2,1-5H3,(H,56,57)(H,58,65,66). The number of aliphatic imine (C=N–C) groups is 1. The predicted octanol–water partition coefficient (Wildman–Crippen LogP) is 7.08. The molecule has 2 N–H and O–H groups in total. The van der Waals surface area contributed by atoms with Crippen LogP contribution in [0, 0.1) is 34.9 Å². The molecule has 0 aromatic heterocycles. The van der Waals surface area contributed by atoms with Gasteiger partial charge in [0.1, 0.15) is 30.3 Å². The molecule has 68 heavy (non-hydrogen) atoms. The molecule has 16 heteroatoms. The molecule has 5 aliphatic heterocycles. The first-order valence-electron chi connectivity index (χ1n) is 24.1. The van der Waals surface area contributed by atoms with Gasteiger partial charge in [-0.1, -0.05) is 37.6 Å². The third-order valence-electron chi connectivity index (χ3n) is 15.0. The summed E-state index contributed by atoms with van der Waals surface area (Å²) in [6, 6.07) is 16.3. The van der Waals surface area contributed by atoms with Crippen molar-refractivity contribution in [1.29, 1.82) is 5.26 Å². The summed E-state index contributed by atoms with van der Waals surface area (Å²) < 4.78 is 27.5. The lowest BCUT2D eigenvalue weighted by molar-refractivity contribution is -0.134. The van der Waals surface area contributed by atoms with E-state index in [0.717, 1.165) is 94.3 Å². The Labute approximate surface area is 405 Å². The number of likely N-dealkylation sites (tertiary alicyclic amines) is 2. The number of imide groups is 1. The van der Waals surface area contributed by atoms with E-state index in [-0.39, 0.29) is 24.8 Å². The fraction of sp³-hybridized carbons (Fsp3) is 0.519. The van der Waals surface area contributed by atoms with E-state index in [2.05, 4.69) is 57.4 Å². The molecule has 3 aromatic carbocycles. The lowest BCUT2D eigenvalue weighted by atomic mass is 9.77. The number of hydrogen-bond donors (Lipinski definition) is 2. The molecular weight excluding hydrogens is 885 g/mol. The molecule has 362 valence electrons. The summed E-state index contributed by atoms with van der Waals surface area (Å²) >= 11 is 6.48. The molecule has 5 heterocycles. The van der Waals surface area contributed by atoms with Crippen LogP contribution in [0.15, 0.2) is 65.8 Å². The van der Waals surface area contributed by atoms with Gasteiger partial charge in [-0.05, 0) is 123 Å². The lowest BCUT2D eigenvalue weighted by Gasteiger charge is -2.42. The molecule has 3 amide bonds. The fourth-order valence-electron chi connectivity index (χ4n) is 10.8. The predicted molar refractivity (Wildman–Crippen MR) is 264 cm³/mol. The number of rotatable bonds is 14. The average molecular weight is 951 g/mol. The highest BCUT2D eigenvalue weighted by molar-refractivity contribution is 6.32. The first-order chi connectivity index (χ1) is 32.8. The maximum absolute atomic E-state index is 15.9. The summed E-state index contributed by atoms with van der Waals surface area (Å²) in [6.45, 7) is 11.5. The normalized spacial score (nSPS) is 21.1. The van der Waals surface area contributed by atoms with E-state index < -0.39 is 23.2 Å². The zero-order valence-corrected chi connectivity index (χ0v) is 40.7. The van der Waals surface area contributed by atoms with Gasteiger partial charge in [0, 0.05) is 70.9 Å². The first-order valence-corrected chi connectivity index (χ1v) is 24.5. The number of nitriles is 1. The maximum Gasteiger partial charge on any atom is 0.249 e. The van der Waals surface area contributed by atoms with Gasteiger partial charge in [-0.25, -0.2) is 9.38 Å². The van der Waals surface area contributed by atoms with Gasteiger partial charge in [0.25, 0.3) is 0 Å². The Kier molecular flexibility index (Phi) is 15.2. The number of benzene rings is 3. The molecule has 0 aliphatic carbocycles.